The number of imidazole rings is 1. The minimum absolute atomic E-state index is 0.0662. The molecule has 1 aromatic heterocycles. The summed E-state index contributed by atoms with van der Waals surface area (Å²) in [5, 5.41) is 3.03. The van der Waals surface area contributed by atoms with Gasteiger partial charge >= 0.3 is 0 Å². The number of rotatable bonds is 7. The molecule has 21 heavy (non-hydrogen) atoms. The minimum Gasteiger partial charge on any atom is -0.379 e. The lowest BCUT2D eigenvalue weighted by molar-refractivity contribution is -0.128. The van der Waals surface area contributed by atoms with Gasteiger partial charge in [-0.2, -0.15) is 0 Å². The number of ether oxygens (including phenoxy) is 1. The Morgan fingerprint density at radius 3 is 2.86 bits per heavy atom. The third-order valence-electron chi connectivity index (χ3n) is 3.86. The van der Waals surface area contributed by atoms with Crippen molar-refractivity contribution in [3.8, 4) is 0 Å². The van der Waals surface area contributed by atoms with E-state index in [-0.39, 0.29) is 11.9 Å². The van der Waals surface area contributed by atoms with E-state index in [2.05, 4.69) is 33.6 Å². The molecule has 2 heterocycles. The molecule has 118 valence electrons. The van der Waals surface area contributed by atoms with E-state index in [1.54, 1.807) is 6.20 Å². The van der Waals surface area contributed by atoms with Crippen LogP contribution in [0.3, 0.4) is 0 Å². The highest BCUT2D eigenvalue weighted by atomic mass is 16.5. The molecule has 1 amide bonds. The molecule has 0 saturated carbocycles. The number of morpholine rings is 1. The van der Waals surface area contributed by atoms with Crippen molar-refractivity contribution in [2.75, 3.05) is 26.3 Å². The van der Waals surface area contributed by atoms with E-state index in [1.807, 2.05) is 6.20 Å². The summed E-state index contributed by atoms with van der Waals surface area (Å²) in [5.74, 6) is 1.01. The lowest BCUT2D eigenvalue weighted by Gasteiger charge is -2.32. The van der Waals surface area contributed by atoms with Gasteiger partial charge in [-0.15, -0.1) is 0 Å². The first kappa shape index (κ1) is 16.0. The second-order valence-electron chi connectivity index (χ2n) is 5.33. The number of carbonyl (C=O) groups is 1. The second kappa shape index (κ2) is 8.14. The molecule has 1 saturated heterocycles. The van der Waals surface area contributed by atoms with Crippen molar-refractivity contribution in [3.05, 3.63) is 18.2 Å². The summed E-state index contributed by atoms with van der Waals surface area (Å²) < 4.78 is 7.44. The molecule has 1 fully saturated rings. The van der Waals surface area contributed by atoms with Gasteiger partial charge in [-0.1, -0.05) is 13.8 Å². The molecule has 2 rings (SSSR count). The number of nitrogens with one attached hydrogen (secondary N) is 1. The molecule has 0 spiro atoms. The molecule has 0 radical (unpaired) electrons. The van der Waals surface area contributed by atoms with Gasteiger partial charge in [-0.3, -0.25) is 9.69 Å². The Bertz CT molecular complexity index is 441. The lowest BCUT2D eigenvalue weighted by Crippen LogP contribution is -2.50. The third-order valence-corrected chi connectivity index (χ3v) is 3.86. The van der Waals surface area contributed by atoms with Crippen LogP contribution in [0, 0.1) is 0 Å². The maximum atomic E-state index is 12.4. The first-order chi connectivity index (χ1) is 10.3. The maximum absolute atomic E-state index is 12.4. The quantitative estimate of drug-likeness (QED) is 0.816. The Kier molecular flexibility index (Phi) is 6.20. The number of hydrogen-bond donors (Lipinski definition) is 1. The van der Waals surface area contributed by atoms with E-state index in [0.717, 1.165) is 38.3 Å². The summed E-state index contributed by atoms with van der Waals surface area (Å²) >= 11 is 0. The number of aromatic nitrogens is 2. The zero-order chi connectivity index (χ0) is 15.1. The Balaban J connectivity index is 1.88. The van der Waals surface area contributed by atoms with Crippen molar-refractivity contribution in [3.63, 3.8) is 0 Å². The smallest absolute Gasteiger partial charge is 0.237 e. The monoisotopic (exact) mass is 294 g/mol. The summed E-state index contributed by atoms with van der Waals surface area (Å²) in [5.41, 5.74) is 0. The SMILES string of the molecule is CCCn1ccnc1CNC(=O)C(CC)N1CCOCC1. The van der Waals surface area contributed by atoms with Crippen LogP contribution >= 0.6 is 0 Å². The van der Waals surface area contributed by atoms with Gasteiger partial charge in [0, 0.05) is 32.0 Å². The molecule has 1 aromatic rings. The highest BCUT2D eigenvalue weighted by Gasteiger charge is 2.25. The molecule has 0 aliphatic carbocycles. The summed E-state index contributed by atoms with van der Waals surface area (Å²) in [6, 6.07) is -0.0662. The molecule has 1 N–H and O–H groups in total. The van der Waals surface area contributed by atoms with E-state index in [9.17, 15) is 4.79 Å². The predicted octanol–water partition coefficient (Wildman–Crippen LogP) is 1.02. The van der Waals surface area contributed by atoms with Gasteiger partial charge in [0.05, 0.1) is 25.8 Å². The standard InChI is InChI=1S/C15H26N4O2/c1-3-6-19-7-5-16-14(19)12-17-15(20)13(4-2)18-8-10-21-11-9-18/h5,7,13H,3-4,6,8-12H2,1-2H3,(H,17,20). The number of aryl methyl sites for hydroxylation is 1. The summed E-state index contributed by atoms with van der Waals surface area (Å²) in [4.78, 5) is 18.9. The topological polar surface area (TPSA) is 59.4 Å². The fourth-order valence-electron chi connectivity index (χ4n) is 2.73. The van der Waals surface area contributed by atoms with Gasteiger partial charge in [-0.05, 0) is 12.8 Å². The van der Waals surface area contributed by atoms with Crippen molar-refractivity contribution in [1.82, 2.24) is 19.8 Å². The van der Waals surface area contributed by atoms with Gasteiger partial charge in [0.2, 0.25) is 5.91 Å². The highest BCUT2D eigenvalue weighted by Crippen LogP contribution is 2.08. The zero-order valence-corrected chi connectivity index (χ0v) is 13.0. The number of amides is 1. The summed E-state index contributed by atoms with van der Waals surface area (Å²) in [6.07, 6.45) is 5.62. The van der Waals surface area contributed by atoms with E-state index < -0.39 is 0 Å². The predicted molar refractivity (Wildman–Crippen MR) is 80.8 cm³/mol. The lowest BCUT2D eigenvalue weighted by atomic mass is 10.1. The molecular formula is C15H26N4O2. The fourth-order valence-corrected chi connectivity index (χ4v) is 2.73. The average Bonchev–Trinajstić information content (AvgIpc) is 2.95. The third kappa shape index (κ3) is 4.28. The van der Waals surface area contributed by atoms with Crippen LogP contribution in [0.4, 0.5) is 0 Å². The Hall–Kier alpha value is -1.40. The van der Waals surface area contributed by atoms with E-state index in [1.165, 1.54) is 0 Å². The fraction of sp³-hybridized carbons (Fsp3) is 0.733. The van der Waals surface area contributed by atoms with Crippen molar-refractivity contribution in [2.24, 2.45) is 0 Å². The first-order valence-electron chi connectivity index (χ1n) is 7.85. The highest BCUT2D eigenvalue weighted by molar-refractivity contribution is 5.81. The molecular weight excluding hydrogens is 268 g/mol. The second-order valence-corrected chi connectivity index (χ2v) is 5.33. The van der Waals surface area contributed by atoms with Crippen molar-refractivity contribution in [2.45, 2.75) is 45.8 Å². The number of carbonyl (C=O) groups excluding carboxylic acids is 1. The molecule has 1 atom stereocenters. The van der Waals surface area contributed by atoms with Crippen molar-refractivity contribution >= 4 is 5.91 Å². The number of hydrogen-bond acceptors (Lipinski definition) is 4. The molecule has 1 aliphatic rings. The molecule has 6 nitrogen and oxygen atoms in total. The molecule has 1 unspecified atom stereocenters. The molecule has 6 heteroatoms. The largest absolute Gasteiger partial charge is 0.379 e. The molecule has 0 bridgehead atoms. The molecule has 1 aliphatic heterocycles. The van der Waals surface area contributed by atoms with Crippen LogP contribution in [0.15, 0.2) is 12.4 Å². The van der Waals surface area contributed by atoms with Gasteiger partial charge in [0.15, 0.2) is 0 Å². The van der Waals surface area contributed by atoms with Crippen LogP contribution in [0.25, 0.3) is 0 Å². The van der Waals surface area contributed by atoms with E-state index in [4.69, 9.17) is 4.74 Å². The Labute approximate surface area is 126 Å². The Morgan fingerprint density at radius 1 is 1.43 bits per heavy atom. The first-order valence-corrected chi connectivity index (χ1v) is 7.85. The van der Waals surface area contributed by atoms with Crippen LogP contribution in [-0.2, 0) is 22.6 Å². The van der Waals surface area contributed by atoms with Gasteiger partial charge < -0.3 is 14.6 Å². The van der Waals surface area contributed by atoms with Crippen LogP contribution < -0.4 is 5.32 Å². The normalized spacial score (nSPS) is 17.6. The van der Waals surface area contributed by atoms with Crippen molar-refractivity contribution < 1.29 is 9.53 Å². The average molecular weight is 294 g/mol. The van der Waals surface area contributed by atoms with Gasteiger partial charge in [0.25, 0.3) is 0 Å². The summed E-state index contributed by atoms with van der Waals surface area (Å²) in [6.45, 7) is 8.70. The van der Waals surface area contributed by atoms with Crippen LogP contribution in [0.1, 0.15) is 32.5 Å². The van der Waals surface area contributed by atoms with Gasteiger partial charge in [-0.25, -0.2) is 4.98 Å². The van der Waals surface area contributed by atoms with E-state index >= 15 is 0 Å². The van der Waals surface area contributed by atoms with Gasteiger partial charge in [0.1, 0.15) is 5.82 Å². The van der Waals surface area contributed by atoms with Crippen molar-refractivity contribution in [1.29, 1.82) is 0 Å². The molecule has 0 aromatic carbocycles. The Morgan fingerprint density at radius 2 is 2.19 bits per heavy atom. The number of nitrogens with zero attached hydrogens (tertiary/aromatic N) is 3. The minimum atomic E-state index is -0.0662. The zero-order valence-electron chi connectivity index (χ0n) is 13.0. The van der Waals surface area contributed by atoms with Crippen LogP contribution in [0.2, 0.25) is 0 Å². The van der Waals surface area contributed by atoms with Crippen LogP contribution in [0.5, 0.6) is 0 Å². The summed E-state index contributed by atoms with van der Waals surface area (Å²) in [7, 11) is 0. The van der Waals surface area contributed by atoms with Crippen LogP contribution in [-0.4, -0.2) is 52.7 Å². The maximum Gasteiger partial charge on any atom is 0.237 e. The van der Waals surface area contributed by atoms with E-state index in [0.29, 0.717) is 19.8 Å².